The maximum Gasteiger partial charge on any atom is 0.248 e. The van der Waals surface area contributed by atoms with Gasteiger partial charge in [0, 0.05) is 11.3 Å². The van der Waals surface area contributed by atoms with Crippen LogP contribution in [0.4, 0.5) is 0 Å². The van der Waals surface area contributed by atoms with Crippen LogP contribution in [0.1, 0.15) is 72.6 Å². The molecule has 2 fully saturated rings. The van der Waals surface area contributed by atoms with Gasteiger partial charge in [-0.2, -0.15) is 0 Å². The molecule has 1 saturated carbocycles. The van der Waals surface area contributed by atoms with E-state index in [0.29, 0.717) is 11.3 Å². The molecule has 0 aromatic rings. The topological polar surface area (TPSA) is 21.7 Å². The average molecular weight is 380 g/mol. The van der Waals surface area contributed by atoms with Gasteiger partial charge in [-0.3, -0.25) is 4.90 Å². The van der Waals surface area contributed by atoms with E-state index in [2.05, 4.69) is 32.6 Å². The number of hydrogen-bond donors (Lipinski definition) is 0. The van der Waals surface area contributed by atoms with Gasteiger partial charge < -0.3 is 9.05 Å². The van der Waals surface area contributed by atoms with Crippen molar-refractivity contribution in [3.63, 3.8) is 0 Å². The molecule has 0 bridgehead atoms. The Morgan fingerprint density at radius 3 is 2.04 bits per heavy atom. The first kappa shape index (κ1) is 20.2. The lowest BCUT2D eigenvalue weighted by atomic mass is 9.92. The molecule has 0 spiro atoms. The quantitative estimate of drug-likeness (QED) is 0.536. The third-order valence-electron chi connectivity index (χ3n) is 4.47. The number of hydrogen-bond acceptors (Lipinski definition) is 5. The molecule has 1 saturated heterocycles. The third-order valence-corrected chi connectivity index (χ3v) is 10.3. The van der Waals surface area contributed by atoms with Gasteiger partial charge >= 0.3 is 0 Å². The van der Waals surface area contributed by atoms with E-state index in [4.69, 9.17) is 20.9 Å². The molecular weight excluding hydrogens is 345 g/mol. The van der Waals surface area contributed by atoms with Gasteiger partial charge in [-0.25, -0.2) is 0 Å². The van der Waals surface area contributed by atoms with Crippen LogP contribution >= 0.6 is 17.1 Å². The summed E-state index contributed by atoms with van der Waals surface area (Å²) in [6.07, 6.45) is 9.61. The van der Waals surface area contributed by atoms with Gasteiger partial charge in [0.1, 0.15) is 0 Å². The molecule has 1 aliphatic carbocycles. The van der Waals surface area contributed by atoms with Crippen LogP contribution in [0.25, 0.3) is 0 Å². The van der Waals surface area contributed by atoms with Gasteiger partial charge in [0.05, 0.1) is 12.2 Å². The molecule has 2 aliphatic rings. The molecule has 0 N–H and O–H groups in total. The fraction of sp³-hybridized carbons (Fsp3) is 1.00. The molecule has 2 unspecified atom stereocenters. The van der Waals surface area contributed by atoms with Gasteiger partial charge in [0.25, 0.3) is 0 Å². The van der Waals surface area contributed by atoms with Crippen molar-refractivity contribution in [2.75, 3.05) is 13.1 Å². The number of nitrogens with zero attached hydrogens (tertiary/aromatic N) is 1. The zero-order valence-corrected chi connectivity index (χ0v) is 17.7. The summed E-state index contributed by atoms with van der Waals surface area (Å²) in [5.74, 6) is 0. The number of piperidine rings is 1. The SMILES string of the molecule is CC(C)OP(=S)(OC(C)C)SC1CCCCC1N1CCCCC1. The second-order valence-electron chi connectivity index (χ2n) is 7.35. The second kappa shape index (κ2) is 9.54. The fourth-order valence-corrected chi connectivity index (χ4v) is 11.0. The Morgan fingerprint density at radius 1 is 0.913 bits per heavy atom. The maximum atomic E-state index is 6.14. The summed E-state index contributed by atoms with van der Waals surface area (Å²) in [6.45, 7) is 10.8. The van der Waals surface area contributed by atoms with E-state index >= 15 is 0 Å². The fourth-order valence-electron chi connectivity index (χ4n) is 3.62. The molecule has 1 heterocycles. The van der Waals surface area contributed by atoms with Crippen molar-refractivity contribution in [3.8, 4) is 0 Å². The first-order valence-electron chi connectivity index (χ1n) is 9.29. The van der Waals surface area contributed by atoms with Gasteiger partial charge in [-0.1, -0.05) is 30.6 Å². The molecule has 3 nitrogen and oxygen atoms in total. The minimum atomic E-state index is -2.27. The number of likely N-dealkylation sites (tertiary alicyclic amines) is 1. The van der Waals surface area contributed by atoms with E-state index < -0.39 is 5.69 Å². The van der Waals surface area contributed by atoms with Crippen LogP contribution in [0.5, 0.6) is 0 Å². The Hall–Kier alpha value is 0.880. The Balaban J connectivity index is 2.06. The summed E-state index contributed by atoms with van der Waals surface area (Å²) >= 11 is 7.77. The van der Waals surface area contributed by atoms with Crippen LogP contribution in [0.2, 0.25) is 0 Å². The minimum Gasteiger partial charge on any atom is -0.319 e. The van der Waals surface area contributed by atoms with Crippen molar-refractivity contribution < 1.29 is 9.05 Å². The van der Waals surface area contributed by atoms with Crippen LogP contribution in [0.3, 0.4) is 0 Å². The summed E-state index contributed by atoms with van der Waals surface area (Å²) < 4.78 is 12.3. The summed E-state index contributed by atoms with van der Waals surface area (Å²) in [4.78, 5) is 2.73. The Bertz CT molecular complexity index is 386. The van der Waals surface area contributed by atoms with Crippen molar-refractivity contribution in [2.24, 2.45) is 0 Å². The monoisotopic (exact) mass is 379 g/mol. The zero-order chi connectivity index (χ0) is 16.9. The smallest absolute Gasteiger partial charge is 0.248 e. The van der Waals surface area contributed by atoms with E-state index in [1.807, 2.05) is 11.4 Å². The third kappa shape index (κ3) is 6.60. The summed E-state index contributed by atoms with van der Waals surface area (Å²) in [5, 5.41) is 0.574. The molecule has 2 atom stereocenters. The Morgan fingerprint density at radius 2 is 1.48 bits per heavy atom. The number of rotatable bonds is 7. The largest absolute Gasteiger partial charge is 0.319 e. The van der Waals surface area contributed by atoms with Crippen LogP contribution in [-0.4, -0.2) is 41.5 Å². The predicted molar refractivity (Wildman–Crippen MR) is 106 cm³/mol. The minimum absolute atomic E-state index is 0.129. The molecule has 1 aliphatic heterocycles. The lowest BCUT2D eigenvalue weighted by molar-refractivity contribution is 0.135. The lowest BCUT2D eigenvalue weighted by Gasteiger charge is -2.42. The van der Waals surface area contributed by atoms with Crippen molar-refractivity contribution in [1.82, 2.24) is 4.90 Å². The van der Waals surface area contributed by atoms with Crippen LogP contribution in [0, 0.1) is 0 Å². The average Bonchev–Trinajstić information content (AvgIpc) is 2.46. The van der Waals surface area contributed by atoms with E-state index in [0.717, 1.165) is 0 Å². The Kier molecular flexibility index (Phi) is 8.38. The van der Waals surface area contributed by atoms with E-state index in [1.54, 1.807) is 0 Å². The highest BCUT2D eigenvalue weighted by molar-refractivity contribution is 8.68. The van der Waals surface area contributed by atoms with Gasteiger partial charge in [-0.05, 0) is 78.3 Å². The molecule has 0 radical (unpaired) electrons. The first-order chi connectivity index (χ1) is 10.9. The standard InChI is InChI=1S/C17H34NO2PS2/c1-14(2)19-21(22,20-15(3)4)23-17-11-7-6-10-16(17)18-12-8-5-9-13-18/h14-17H,5-13H2,1-4H3. The van der Waals surface area contributed by atoms with Crippen molar-refractivity contribution >= 4 is 28.9 Å². The first-order valence-corrected chi connectivity index (χ1v) is 13.4. The van der Waals surface area contributed by atoms with Crippen LogP contribution in [0.15, 0.2) is 0 Å². The molecular formula is C17H34NO2PS2. The summed E-state index contributed by atoms with van der Waals surface area (Å²) in [6, 6.07) is 0.669. The molecule has 2 rings (SSSR count). The Labute approximate surface area is 152 Å². The molecule has 6 heteroatoms. The molecule has 0 amide bonds. The predicted octanol–water partition coefficient (Wildman–Crippen LogP) is 5.59. The van der Waals surface area contributed by atoms with Crippen LogP contribution in [-0.2, 0) is 20.9 Å². The van der Waals surface area contributed by atoms with Crippen molar-refractivity contribution in [1.29, 1.82) is 0 Å². The van der Waals surface area contributed by atoms with Gasteiger partial charge in [0.15, 0.2) is 0 Å². The van der Waals surface area contributed by atoms with Crippen molar-refractivity contribution in [2.45, 2.75) is 96.1 Å². The maximum absolute atomic E-state index is 6.14. The second-order valence-corrected chi connectivity index (χ2v) is 13.7. The molecule has 0 aromatic carbocycles. The highest BCUT2D eigenvalue weighted by Gasteiger charge is 2.36. The zero-order valence-electron chi connectivity index (χ0n) is 15.2. The highest BCUT2D eigenvalue weighted by Crippen LogP contribution is 2.65. The molecule has 136 valence electrons. The summed E-state index contributed by atoms with van der Waals surface area (Å²) in [7, 11) is 0. The van der Waals surface area contributed by atoms with Gasteiger partial charge in [0.2, 0.25) is 5.69 Å². The lowest BCUT2D eigenvalue weighted by Crippen LogP contribution is -2.46. The van der Waals surface area contributed by atoms with Crippen LogP contribution < -0.4 is 0 Å². The molecule has 23 heavy (non-hydrogen) atoms. The summed E-state index contributed by atoms with van der Waals surface area (Å²) in [5.41, 5.74) is -2.27. The molecule has 0 aromatic heterocycles. The normalized spacial score (nSPS) is 27.7. The highest BCUT2D eigenvalue weighted by atomic mass is 32.9. The van der Waals surface area contributed by atoms with E-state index in [9.17, 15) is 0 Å². The van der Waals surface area contributed by atoms with Gasteiger partial charge in [-0.15, -0.1) is 0 Å². The van der Waals surface area contributed by atoms with E-state index in [1.165, 1.54) is 58.0 Å². The van der Waals surface area contributed by atoms with E-state index in [-0.39, 0.29) is 12.2 Å². The van der Waals surface area contributed by atoms with Crippen molar-refractivity contribution in [3.05, 3.63) is 0 Å².